The molecule has 3 rings (SSSR count). The molecule has 3 heterocycles. The number of aromatic nitrogens is 2. The number of nitrogens with one attached hydrogen (secondary N) is 1. The van der Waals surface area contributed by atoms with E-state index in [1.165, 1.54) is 12.8 Å². The Kier molecular flexibility index (Phi) is 4.05. The Morgan fingerprint density at radius 2 is 2.00 bits per heavy atom. The molecule has 2 aromatic heterocycles. The molecule has 0 radical (unpaired) electrons. The minimum absolute atomic E-state index is 0.484. The zero-order valence-electron chi connectivity index (χ0n) is 10.7. The van der Waals surface area contributed by atoms with Crippen LogP contribution in [0.25, 0.3) is 11.1 Å². The molecule has 0 atom stereocenters. The van der Waals surface area contributed by atoms with Crippen LogP contribution in [0.4, 0.5) is 0 Å². The van der Waals surface area contributed by atoms with Crippen LogP contribution in [-0.2, 0) is 0 Å². The summed E-state index contributed by atoms with van der Waals surface area (Å²) in [5, 5.41) is 7.49. The average molecular weight is 275 g/mol. The fraction of sp³-hybridized carbons (Fsp3) is 0.429. The molecule has 0 spiro atoms. The molecule has 1 N–H and O–H groups in total. The standard InChI is InChI=1S/C14H17N3OS/c1-4-15-5-2-11(1)9-18-14-16-7-13(8-17-14)12-3-6-19-10-12/h3,6-8,10-11,15H,1-2,4-5,9H2. The van der Waals surface area contributed by atoms with E-state index in [0.29, 0.717) is 11.9 Å². The molecule has 2 aromatic rings. The van der Waals surface area contributed by atoms with Crippen molar-refractivity contribution in [3.8, 4) is 17.1 Å². The van der Waals surface area contributed by atoms with Crippen LogP contribution in [0.15, 0.2) is 29.2 Å². The second-order valence-corrected chi connectivity index (χ2v) is 5.55. The number of hydrogen-bond donors (Lipinski definition) is 1. The van der Waals surface area contributed by atoms with E-state index in [2.05, 4.69) is 32.1 Å². The van der Waals surface area contributed by atoms with Gasteiger partial charge in [0.25, 0.3) is 0 Å². The van der Waals surface area contributed by atoms with Gasteiger partial charge < -0.3 is 10.1 Å². The second kappa shape index (κ2) is 6.12. The lowest BCUT2D eigenvalue weighted by Gasteiger charge is -2.21. The van der Waals surface area contributed by atoms with Gasteiger partial charge in [-0.05, 0) is 54.2 Å². The first kappa shape index (κ1) is 12.6. The van der Waals surface area contributed by atoms with Gasteiger partial charge in [-0.2, -0.15) is 11.3 Å². The molecule has 5 heteroatoms. The average Bonchev–Trinajstić information content (AvgIpc) is 3.01. The molecule has 19 heavy (non-hydrogen) atoms. The lowest BCUT2D eigenvalue weighted by Crippen LogP contribution is -2.30. The summed E-state index contributed by atoms with van der Waals surface area (Å²) in [4.78, 5) is 8.55. The summed E-state index contributed by atoms with van der Waals surface area (Å²) < 4.78 is 5.67. The Bertz CT molecular complexity index is 492. The SMILES string of the molecule is c1cc(-c2cnc(OCC3CCNCC3)nc2)cs1. The van der Waals surface area contributed by atoms with E-state index in [0.717, 1.165) is 30.8 Å². The number of hydrogen-bond acceptors (Lipinski definition) is 5. The molecule has 1 saturated heterocycles. The summed E-state index contributed by atoms with van der Waals surface area (Å²) in [7, 11) is 0. The lowest BCUT2D eigenvalue weighted by atomic mass is 9.99. The van der Waals surface area contributed by atoms with Crippen LogP contribution in [0.2, 0.25) is 0 Å². The lowest BCUT2D eigenvalue weighted by molar-refractivity contribution is 0.202. The number of rotatable bonds is 4. The third-order valence-electron chi connectivity index (χ3n) is 3.39. The smallest absolute Gasteiger partial charge is 0.316 e. The first-order valence-electron chi connectivity index (χ1n) is 6.60. The quantitative estimate of drug-likeness (QED) is 0.931. The third-order valence-corrected chi connectivity index (χ3v) is 4.07. The van der Waals surface area contributed by atoms with Crippen molar-refractivity contribution in [2.45, 2.75) is 12.8 Å². The highest BCUT2D eigenvalue weighted by molar-refractivity contribution is 7.08. The van der Waals surface area contributed by atoms with E-state index in [1.54, 1.807) is 11.3 Å². The highest BCUT2D eigenvalue weighted by Crippen LogP contribution is 2.21. The van der Waals surface area contributed by atoms with E-state index < -0.39 is 0 Å². The van der Waals surface area contributed by atoms with E-state index in [-0.39, 0.29) is 0 Å². The molecule has 1 fully saturated rings. The Morgan fingerprint density at radius 3 is 2.68 bits per heavy atom. The maximum atomic E-state index is 5.67. The maximum Gasteiger partial charge on any atom is 0.316 e. The molecule has 100 valence electrons. The maximum absolute atomic E-state index is 5.67. The van der Waals surface area contributed by atoms with Gasteiger partial charge in [-0.15, -0.1) is 0 Å². The second-order valence-electron chi connectivity index (χ2n) is 4.77. The molecule has 0 aromatic carbocycles. The number of piperidine rings is 1. The Hall–Kier alpha value is -1.46. The van der Waals surface area contributed by atoms with Gasteiger partial charge >= 0.3 is 6.01 Å². The number of thiophene rings is 1. The van der Waals surface area contributed by atoms with Gasteiger partial charge in [0, 0.05) is 18.0 Å². The highest BCUT2D eigenvalue weighted by Gasteiger charge is 2.14. The highest BCUT2D eigenvalue weighted by atomic mass is 32.1. The number of nitrogens with zero attached hydrogens (tertiary/aromatic N) is 2. The Balaban J connectivity index is 1.57. The van der Waals surface area contributed by atoms with Crippen molar-refractivity contribution in [3.63, 3.8) is 0 Å². The van der Waals surface area contributed by atoms with E-state index in [4.69, 9.17) is 4.74 Å². The fourth-order valence-corrected chi connectivity index (χ4v) is 2.87. The summed E-state index contributed by atoms with van der Waals surface area (Å²) in [6.45, 7) is 2.90. The van der Waals surface area contributed by atoms with Gasteiger partial charge in [-0.3, -0.25) is 0 Å². The van der Waals surface area contributed by atoms with Gasteiger partial charge in [0.15, 0.2) is 0 Å². The molecule has 1 aliphatic heterocycles. The normalized spacial score (nSPS) is 16.4. The Morgan fingerprint density at radius 1 is 1.21 bits per heavy atom. The van der Waals surface area contributed by atoms with Crippen molar-refractivity contribution >= 4 is 11.3 Å². The molecule has 1 aliphatic rings. The molecule has 0 amide bonds. The van der Waals surface area contributed by atoms with Gasteiger partial charge in [-0.25, -0.2) is 9.97 Å². The molecule has 0 aliphatic carbocycles. The van der Waals surface area contributed by atoms with E-state index >= 15 is 0 Å². The summed E-state index contributed by atoms with van der Waals surface area (Å²) in [6, 6.07) is 2.55. The topological polar surface area (TPSA) is 47.0 Å². The van der Waals surface area contributed by atoms with Crippen molar-refractivity contribution in [2.24, 2.45) is 5.92 Å². The summed E-state index contributed by atoms with van der Waals surface area (Å²) in [6.07, 6.45) is 6.00. The zero-order valence-corrected chi connectivity index (χ0v) is 11.5. The molecule has 0 bridgehead atoms. The molecular formula is C14H17N3OS. The molecule has 0 unspecified atom stereocenters. The van der Waals surface area contributed by atoms with Crippen LogP contribution < -0.4 is 10.1 Å². The van der Waals surface area contributed by atoms with Crippen LogP contribution in [0.1, 0.15) is 12.8 Å². The van der Waals surface area contributed by atoms with Crippen molar-refractivity contribution < 1.29 is 4.74 Å². The zero-order chi connectivity index (χ0) is 12.9. The molecular weight excluding hydrogens is 258 g/mol. The predicted octanol–water partition coefficient (Wildman–Crippen LogP) is 2.58. The van der Waals surface area contributed by atoms with Gasteiger partial charge in [0.2, 0.25) is 0 Å². The minimum atomic E-state index is 0.484. The minimum Gasteiger partial charge on any atom is -0.463 e. The van der Waals surface area contributed by atoms with Crippen LogP contribution in [-0.4, -0.2) is 29.7 Å². The first-order chi connectivity index (χ1) is 9.42. The van der Waals surface area contributed by atoms with Crippen LogP contribution >= 0.6 is 11.3 Å². The van der Waals surface area contributed by atoms with E-state index in [1.807, 2.05) is 12.4 Å². The van der Waals surface area contributed by atoms with Crippen LogP contribution in [0.3, 0.4) is 0 Å². The van der Waals surface area contributed by atoms with Crippen molar-refractivity contribution in [2.75, 3.05) is 19.7 Å². The van der Waals surface area contributed by atoms with Gasteiger partial charge in [-0.1, -0.05) is 0 Å². The third kappa shape index (κ3) is 3.30. The summed E-state index contributed by atoms with van der Waals surface area (Å²) in [5.74, 6) is 0.626. The largest absolute Gasteiger partial charge is 0.463 e. The van der Waals surface area contributed by atoms with Crippen molar-refractivity contribution in [3.05, 3.63) is 29.2 Å². The molecule has 4 nitrogen and oxygen atoms in total. The van der Waals surface area contributed by atoms with Gasteiger partial charge in [0.05, 0.1) is 6.61 Å². The van der Waals surface area contributed by atoms with Crippen LogP contribution in [0.5, 0.6) is 6.01 Å². The first-order valence-corrected chi connectivity index (χ1v) is 7.54. The number of ether oxygens (including phenoxy) is 1. The molecule has 0 saturated carbocycles. The summed E-state index contributed by atoms with van der Waals surface area (Å²) in [5.41, 5.74) is 2.20. The Labute approximate surface area is 116 Å². The predicted molar refractivity (Wildman–Crippen MR) is 76.4 cm³/mol. The van der Waals surface area contributed by atoms with Gasteiger partial charge in [0.1, 0.15) is 0 Å². The van der Waals surface area contributed by atoms with Crippen molar-refractivity contribution in [1.82, 2.24) is 15.3 Å². The summed E-state index contributed by atoms with van der Waals surface area (Å²) >= 11 is 1.67. The van der Waals surface area contributed by atoms with Crippen LogP contribution in [0, 0.1) is 5.92 Å². The fourth-order valence-electron chi connectivity index (χ4n) is 2.21. The van der Waals surface area contributed by atoms with Crippen molar-refractivity contribution in [1.29, 1.82) is 0 Å². The van der Waals surface area contributed by atoms with E-state index in [9.17, 15) is 0 Å². The monoisotopic (exact) mass is 275 g/mol.